The largest absolute Gasteiger partial charge is 0.382 e. The highest BCUT2D eigenvalue weighted by Crippen LogP contribution is 2.53. The predicted molar refractivity (Wildman–Crippen MR) is 141 cm³/mol. The molecule has 2 N–H and O–H groups in total. The van der Waals surface area contributed by atoms with Crippen LogP contribution in [0.2, 0.25) is 0 Å². The van der Waals surface area contributed by atoms with Crippen LogP contribution in [-0.4, -0.2) is 74.5 Å². The number of nitrogen functional groups attached to an aromatic ring is 1. The number of imidazole rings is 1. The molecule has 13 heteroatoms. The van der Waals surface area contributed by atoms with Crippen LogP contribution in [0.4, 0.5) is 5.82 Å². The van der Waals surface area contributed by atoms with Crippen LogP contribution in [0, 0.1) is 0 Å². The number of fused-ring (bicyclic) bond motifs is 1. The molecule has 1 aliphatic rings. The van der Waals surface area contributed by atoms with Gasteiger partial charge in [0.2, 0.25) is 0 Å². The normalized spacial score (nSPS) is 21.3. The fraction of sp³-hybridized carbons (Fsp3) is 0.500. The van der Waals surface area contributed by atoms with Gasteiger partial charge in [-0.05, 0) is 19.5 Å². The summed E-state index contributed by atoms with van der Waals surface area (Å²) in [6.45, 7) is 2.86. The average molecular weight is 539 g/mol. The lowest BCUT2D eigenvalue weighted by Crippen LogP contribution is -2.38. The molecule has 1 saturated heterocycles. The summed E-state index contributed by atoms with van der Waals surface area (Å²) in [5, 5.41) is 0. The summed E-state index contributed by atoms with van der Waals surface area (Å²) in [4.78, 5) is 12.6. The molecule has 3 heterocycles. The molecule has 0 bridgehead atoms. The zero-order valence-corrected chi connectivity index (χ0v) is 22.5. The Morgan fingerprint density at radius 2 is 1.94 bits per heavy atom. The molecule has 1 aromatic carbocycles. The second-order valence-corrected chi connectivity index (χ2v) is 13.3. The molecule has 4 rings (SSSR count). The van der Waals surface area contributed by atoms with Crippen LogP contribution < -0.4 is 5.73 Å². The summed E-state index contributed by atoms with van der Waals surface area (Å²) in [5.74, 6) is 1.81. The van der Waals surface area contributed by atoms with Gasteiger partial charge in [-0.15, -0.1) is 0 Å². The molecule has 10 nitrogen and oxygen atoms in total. The molecule has 1 aliphatic heterocycles. The Labute approximate surface area is 213 Å². The molecule has 0 amide bonds. The van der Waals surface area contributed by atoms with E-state index in [-0.39, 0.29) is 24.7 Å². The minimum atomic E-state index is -3.36. The molecule has 0 radical (unpaired) electrons. The first kappa shape index (κ1) is 26.4. The topological polar surface area (TPSA) is 118 Å². The van der Waals surface area contributed by atoms with Crippen molar-refractivity contribution in [3.8, 4) is 0 Å². The van der Waals surface area contributed by atoms with Gasteiger partial charge in [0.05, 0.1) is 25.1 Å². The number of methoxy groups -OCH3 is 1. The Morgan fingerprint density at radius 3 is 2.69 bits per heavy atom. The number of hydrogen-bond donors (Lipinski definition) is 1. The maximum atomic E-state index is 14.3. The third-order valence-electron chi connectivity index (χ3n) is 5.75. The highest BCUT2D eigenvalue weighted by molar-refractivity contribution is 8.76. The maximum Gasteiger partial charge on any atom is 0.298 e. The molecule has 35 heavy (non-hydrogen) atoms. The lowest BCUT2D eigenvalue weighted by Gasteiger charge is -2.36. The van der Waals surface area contributed by atoms with Crippen molar-refractivity contribution in [3.05, 3.63) is 48.5 Å². The van der Waals surface area contributed by atoms with Crippen molar-refractivity contribution in [3.63, 3.8) is 0 Å². The zero-order valence-electron chi connectivity index (χ0n) is 20.0. The van der Waals surface area contributed by atoms with Crippen molar-refractivity contribution in [1.82, 2.24) is 24.2 Å². The second-order valence-electron chi connectivity index (χ2n) is 8.36. The average Bonchev–Trinajstić information content (AvgIpc) is 3.27. The number of benzene rings is 1. The van der Waals surface area contributed by atoms with Crippen molar-refractivity contribution in [1.29, 1.82) is 0 Å². The number of nitrogens with two attached hydrogens (primary N) is 1. The number of nitrogens with zero attached hydrogens (tertiary/aromatic N) is 5. The molecule has 190 valence electrons. The zero-order chi connectivity index (χ0) is 24.8. The molecule has 2 unspecified atom stereocenters. The van der Waals surface area contributed by atoms with Gasteiger partial charge in [-0.2, -0.15) is 0 Å². The molecule has 0 spiro atoms. The Kier molecular flexibility index (Phi) is 9.09. The minimum absolute atomic E-state index is 0.0496. The first-order valence-electron chi connectivity index (χ1n) is 11.2. The van der Waals surface area contributed by atoms with Gasteiger partial charge in [-0.25, -0.2) is 19.6 Å². The monoisotopic (exact) mass is 538 g/mol. The number of ether oxygens (including phenoxy) is 2. The summed E-state index contributed by atoms with van der Waals surface area (Å²) in [5.41, 5.74) is 8.12. The quantitative estimate of drug-likeness (QED) is 0.283. The first-order valence-corrected chi connectivity index (χ1v) is 15.5. The smallest absolute Gasteiger partial charge is 0.298 e. The van der Waals surface area contributed by atoms with E-state index in [0.717, 1.165) is 11.3 Å². The fourth-order valence-corrected chi connectivity index (χ4v) is 8.17. The van der Waals surface area contributed by atoms with Crippen LogP contribution in [0.25, 0.3) is 11.2 Å². The molecule has 0 aliphatic carbocycles. The van der Waals surface area contributed by atoms with Crippen molar-refractivity contribution in [2.24, 2.45) is 0 Å². The van der Waals surface area contributed by atoms with E-state index in [1.54, 1.807) is 39.7 Å². The molecular formula is C22H31N6O4PS2. The third-order valence-corrected chi connectivity index (χ3v) is 10.4. The number of rotatable bonds is 11. The highest BCUT2D eigenvalue weighted by Gasteiger charge is 2.38. The van der Waals surface area contributed by atoms with E-state index in [4.69, 9.17) is 19.7 Å². The van der Waals surface area contributed by atoms with E-state index in [1.807, 2.05) is 48.9 Å². The van der Waals surface area contributed by atoms with Gasteiger partial charge in [-0.3, -0.25) is 4.57 Å². The summed E-state index contributed by atoms with van der Waals surface area (Å²) in [6.07, 6.45) is 2.33. The predicted octanol–water partition coefficient (Wildman–Crippen LogP) is 3.89. The van der Waals surface area contributed by atoms with Crippen molar-refractivity contribution >= 4 is 46.1 Å². The molecule has 0 saturated carbocycles. The van der Waals surface area contributed by atoms with E-state index in [2.05, 4.69) is 15.0 Å². The van der Waals surface area contributed by atoms with E-state index in [9.17, 15) is 4.57 Å². The Bertz CT molecular complexity index is 1150. The van der Waals surface area contributed by atoms with E-state index in [0.29, 0.717) is 35.8 Å². The van der Waals surface area contributed by atoms with Gasteiger partial charge in [0.1, 0.15) is 24.3 Å². The maximum absolute atomic E-state index is 14.3. The van der Waals surface area contributed by atoms with Crippen LogP contribution in [0.3, 0.4) is 0 Å². The van der Waals surface area contributed by atoms with Gasteiger partial charge in [0, 0.05) is 25.2 Å². The molecule has 1 fully saturated rings. The lowest BCUT2D eigenvalue weighted by atomic mass is 10.2. The van der Waals surface area contributed by atoms with Crippen LogP contribution in [0.15, 0.2) is 43.0 Å². The Balaban J connectivity index is 1.47. The third kappa shape index (κ3) is 6.56. The lowest BCUT2D eigenvalue weighted by molar-refractivity contribution is 0.0158. The van der Waals surface area contributed by atoms with Crippen molar-refractivity contribution < 1.29 is 18.6 Å². The first-order chi connectivity index (χ1) is 16.9. The van der Waals surface area contributed by atoms with Crippen LogP contribution in [0.5, 0.6) is 0 Å². The molecule has 3 aromatic rings. The van der Waals surface area contributed by atoms with E-state index < -0.39 is 7.52 Å². The van der Waals surface area contributed by atoms with Crippen LogP contribution in [0.1, 0.15) is 12.5 Å². The summed E-state index contributed by atoms with van der Waals surface area (Å²) in [7, 11) is 3.57. The standard InChI is InChI=1S/C22H31N6O4PS2/c1-16(9-28-14-26-20-21(23)24-13-25-22(20)28)31-15-33(29,27(2)10-17-7-5-4-6-8-17)32-19-12-35-34-11-18(19)30-3/h4-8,13-14,16,18-19H,9-12,15H2,1-3H3,(H2,23,24,25)/t16-,18-,19?,33?/m1/s1. The Morgan fingerprint density at radius 1 is 1.20 bits per heavy atom. The van der Waals surface area contributed by atoms with Gasteiger partial charge in [-0.1, -0.05) is 51.9 Å². The summed E-state index contributed by atoms with van der Waals surface area (Å²) >= 11 is 0. The number of hydrogen-bond acceptors (Lipinski definition) is 10. The van der Waals surface area contributed by atoms with Gasteiger partial charge in [0.25, 0.3) is 7.52 Å². The molecular weight excluding hydrogens is 507 g/mol. The van der Waals surface area contributed by atoms with Crippen LogP contribution in [-0.2, 0) is 31.7 Å². The Hall–Kier alpha value is -1.66. The van der Waals surface area contributed by atoms with Crippen LogP contribution >= 0.6 is 29.1 Å². The SMILES string of the molecule is CO[C@@H]1CSSCC1OP(=O)(CO[C@H](C)Cn1cnc2c(N)ncnc21)N(C)Cc1ccccc1. The van der Waals surface area contributed by atoms with Crippen molar-refractivity contribution in [2.45, 2.75) is 38.3 Å². The summed E-state index contributed by atoms with van der Waals surface area (Å²) < 4.78 is 36.0. The van der Waals surface area contributed by atoms with Crippen molar-refractivity contribution in [2.75, 3.05) is 37.7 Å². The summed E-state index contributed by atoms with van der Waals surface area (Å²) in [6, 6.07) is 9.91. The highest BCUT2D eigenvalue weighted by atomic mass is 33.1. The van der Waals surface area contributed by atoms with Gasteiger partial charge >= 0.3 is 0 Å². The second kappa shape index (κ2) is 12.1. The van der Waals surface area contributed by atoms with Gasteiger partial charge < -0.3 is 24.3 Å². The molecule has 2 aromatic heterocycles. The molecule has 4 atom stereocenters. The number of anilines is 1. The fourth-order valence-electron chi connectivity index (χ4n) is 3.72. The van der Waals surface area contributed by atoms with E-state index >= 15 is 0 Å². The number of aromatic nitrogens is 4. The van der Waals surface area contributed by atoms with E-state index in [1.165, 1.54) is 6.33 Å². The minimum Gasteiger partial charge on any atom is -0.382 e. The van der Waals surface area contributed by atoms with Gasteiger partial charge in [0.15, 0.2) is 11.5 Å².